The largest absolute Gasteiger partial charge is 0.490 e. The summed E-state index contributed by atoms with van der Waals surface area (Å²) in [6.45, 7) is 4.92. The molecule has 5 heteroatoms. The van der Waals surface area contributed by atoms with Gasteiger partial charge in [-0.2, -0.15) is 0 Å². The summed E-state index contributed by atoms with van der Waals surface area (Å²) >= 11 is 0. The molecule has 1 fully saturated rings. The number of benzene rings is 1. The van der Waals surface area contributed by atoms with Gasteiger partial charge in [-0.3, -0.25) is 4.21 Å². The minimum atomic E-state index is -0.638. The first-order valence-corrected chi connectivity index (χ1v) is 9.38. The maximum atomic E-state index is 11.4. The van der Waals surface area contributed by atoms with E-state index in [1.165, 1.54) is 0 Å². The predicted octanol–water partition coefficient (Wildman–Crippen LogP) is 1.89. The number of aryl methyl sites for hydroxylation is 2. The molecule has 1 aliphatic rings. The second kappa shape index (κ2) is 8.09. The molecular weight excluding hydrogens is 298 g/mol. The highest BCUT2D eigenvalue weighted by atomic mass is 32.2. The molecule has 22 heavy (non-hydrogen) atoms. The number of para-hydroxylation sites is 1. The van der Waals surface area contributed by atoms with Crippen LogP contribution in [0.4, 0.5) is 0 Å². The van der Waals surface area contributed by atoms with E-state index < -0.39 is 16.9 Å². The molecule has 1 aliphatic heterocycles. The van der Waals surface area contributed by atoms with Gasteiger partial charge in [0.05, 0.1) is 0 Å². The first-order chi connectivity index (χ1) is 10.5. The van der Waals surface area contributed by atoms with Crippen LogP contribution in [0.3, 0.4) is 0 Å². The molecule has 1 unspecified atom stereocenters. The van der Waals surface area contributed by atoms with Crippen LogP contribution in [0, 0.1) is 13.8 Å². The lowest BCUT2D eigenvalue weighted by Gasteiger charge is -2.32. The van der Waals surface area contributed by atoms with Crippen molar-refractivity contribution >= 4 is 10.8 Å². The average molecular weight is 325 g/mol. The Bertz CT molecular complexity index is 490. The van der Waals surface area contributed by atoms with Gasteiger partial charge in [-0.15, -0.1) is 0 Å². The molecule has 4 nitrogen and oxygen atoms in total. The Kier molecular flexibility index (Phi) is 6.41. The molecular formula is C17H27NO3S. The van der Waals surface area contributed by atoms with Gasteiger partial charge in [-0.25, -0.2) is 0 Å². The van der Waals surface area contributed by atoms with E-state index in [1.807, 2.05) is 39.1 Å². The standard InChI is InChI=1S/C17H27NO3S/c1-13-5-4-6-14(2)17(13)21-12-16(19)11-18(3)15-7-9-22(20)10-8-15/h4-6,15-16,19H,7-12H2,1-3H3. The van der Waals surface area contributed by atoms with Gasteiger partial charge >= 0.3 is 0 Å². The summed E-state index contributed by atoms with van der Waals surface area (Å²) < 4.78 is 17.2. The maximum absolute atomic E-state index is 11.4. The molecule has 0 aromatic heterocycles. The van der Waals surface area contributed by atoms with Crippen LogP contribution in [0.15, 0.2) is 18.2 Å². The SMILES string of the molecule is Cc1cccc(C)c1OCC(O)CN(C)C1CCS(=O)CC1. The monoisotopic (exact) mass is 325 g/mol. The molecule has 1 atom stereocenters. The second-order valence-corrected chi connectivity index (χ2v) is 7.90. The van der Waals surface area contributed by atoms with E-state index in [0.717, 1.165) is 41.2 Å². The van der Waals surface area contributed by atoms with E-state index in [4.69, 9.17) is 4.74 Å². The zero-order valence-corrected chi connectivity index (χ0v) is 14.6. The Morgan fingerprint density at radius 1 is 1.32 bits per heavy atom. The normalized spacial score (nSPS) is 23.5. The van der Waals surface area contributed by atoms with Crippen LogP contribution in [0.25, 0.3) is 0 Å². The van der Waals surface area contributed by atoms with E-state index >= 15 is 0 Å². The van der Waals surface area contributed by atoms with E-state index in [2.05, 4.69) is 4.90 Å². The van der Waals surface area contributed by atoms with Crippen molar-refractivity contribution in [1.82, 2.24) is 4.90 Å². The van der Waals surface area contributed by atoms with E-state index in [9.17, 15) is 9.32 Å². The molecule has 1 heterocycles. The number of aliphatic hydroxyl groups is 1. The summed E-state index contributed by atoms with van der Waals surface area (Å²) in [6.07, 6.45) is 1.39. The molecule has 0 bridgehead atoms. The fourth-order valence-corrected chi connectivity index (χ4v) is 4.24. The summed E-state index contributed by atoms with van der Waals surface area (Å²) in [6, 6.07) is 6.47. The molecule has 1 saturated heterocycles. The first kappa shape index (κ1) is 17.4. The van der Waals surface area contributed by atoms with Crippen molar-refractivity contribution in [3.05, 3.63) is 29.3 Å². The van der Waals surface area contributed by atoms with Gasteiger partial charge in [0.2, 0.25) is 0 Å². The van der Waals surface area contributed by atoms with E-state index in [0.29, 0.717) is 19.2 Å². The van der Waals surface area contributed by atoms with Gasteiger partial charge in [0, 0.05) is 34.9 Å². The van der Waals surface area contributed by atoms with Gasteiger partial charge in [-0.05, 0) is 44.9 Å². The van der Waals surface area contributed by atoms with Crippen LogP contribution >= 0.6 is 0 Å². The van der Waals surface area contributed by atoms with Crippen LogP contribution in [-0.4, -0.2) is 58.1 Å². The van der Waals surface area contributed by atoms with Crippen LogP contribution in [0.1, 0.15) is 24.0 Å². The average Bonchev–Trinajstić information content (AvgIpc) is 2.47. The lowest BCUT2D eigenvalue weighted by molar-refractivity contribution is 0.0610. The Balaban J connectivity index is 1.80. The maximum Gasteiger partial charge on any atom is 0.125 e. The third kappa shape index (κ3) is 4.80. The lowest BCUT2D eigenvalue weighted by Crippen LogP contribution is -2.42. The number of aliphatic hydroxyl groups excluding tert-OH is 1. The lowest BCUT2D eigenvalue weighted by atomic mass is 10.1. The molecule has 0 amide bonds. The summed E-state index contributed by atoms with van der Waals surface area (Å²) in [7, 11) is 1.39. The van der Waals surface area contributed by atoms with Crippen molar-refractivity contribution in [2.24, 2.45) is 0 Å². The Morgan fingerprint density at radius 2 is 1.91 bits per heavy atom. The highest BCUT2D eigenvalue weighted by Gasteiger charge is 2.23. The van der Waals surface area contributed by atoms with Gasteiger partial charge in [0.15, 0.2) is 0 Å². The van der Waals surface area contributed by atoms with Crippen molar-refractivity contribution in [1.29, 1.82) is 0 Å². The number of rotatable bonds is 6. The third-order valence-electron chi connectivity index (χ3n) is 4.31. The Hall–Kier alpha value is -0.910. The minimum absolute atomic E-state index is 0.300. The number of nitrogens with zero attached hydrogens (tertiary/aromatic N) is 1. The Morgan fingerprint density at radius 3 is 2.50 bits per heavy atom. The number of hydrogen-bond acceptors (Lipinski definition) is 4. The van der Waals surface area contributed by atoms with E-state index in [-0.39, 0.29) is 0 Å². The predicted molar refractivity (Wildman–Crippen MR) is 90.9 cm³/mol. The summed E-state index contributed by atoms with van der Waals surface area (Å²) in [5.41, 5.74) is 2.19. The number of likely N-dealkylation sites (N-methyl/N-ethyl adjacent to an activating group) is 1. The molecule has 0 saturated carbocycles. The van der Waals surface area contributed by atoms with Gasteiger partial charge in [-0.1, -0.05) is 18.2 Å². The van der Waals surface area contributed by atoms with Crippen LogP contribution < -0.4 is 4.74 Å². The first-order valence-electron chi connectivity index (χ1n) is 7.89. The molecule has 124 valence electrons. The fourth-order valence-electron chi connectivity index (χ4n) is 2.96. The number of hydrogen-bond donors (Lipinski definition) is 1. The highest BCUT2D eigenvalue weighted by molar-refractivity contribution is 7.85. The summed E-state index contributed by atoms with van der Waals surface area (Å²) in [5, 5.41) is 10.2. The quantitative estimate of drug-likeness (QED) is 0.868. The van der Waals surface area contributed by atoms with Crippen molar-refractivity contribution < 1.29 is 14.1 Å². The number of ether oxygens (including phenoxy) is 1. The smallest absolute Gasteiger partial charge is 0.125 e. The van der Waals surface area contributed by atoms with Crippen molar-refractivity contribution in [2.75, 3.05) is 31.7 Å². The molecule has 1 aromatic carbocycles. The van der Waals surface area contributed by atoms with Gasteiger partial charge in [0.1, 0.15) is 18.5 Å². The zero-order valence-electron chi connectivity index (χ0n) is 13.7. The van der Waals surface area contributed by atoms with Crippen molar-refractivity contribution in [3.8, 4) is 5.75 Å². The zero-order chi connectivity index (χ0) is 16.1. The summed E-state index contributed by atoms with van der Waals surface area (Å²) in [5.74, 6) is 2.44. The third-order valence-corrected chi connectivity index (χ3v) is 5.69. The van der Waals surface area contributed by atoms with Crippen LogP contribution in [0.5, 0.6) is 5.75 Å². The van der Waals surface area contributed by atoms with E-state index in [1.54, 1.807) is 0 Å². The van der Waals surface area contributed by atoms with Crippen molar-refractivity contribution in [2.45, 2.75) is 38.8 Å². The molecule has 1 N–H and O–H groups in total. The van der Waals surface area contributed by atoms with Crippen LogP contribution in [-0.2, 0) is 10.8 Å². The van der Waals surface area contributed by atoms with Crippen molar-refractivity contribution in [3.63, 3.8) is 0 Å². The van der Waals surface area contributed by atoms with Gasteiger partial charge in [0.25, 0.3) is 0 Å². The molecule has 0 radical (unpaired) electrons. The Labute approximate surface area is 135 Å². The molecule has 1 aromatic rings. The summed E-state index contributed by atoms with van der Waals surface area (Å²) in [4.78, 5) is 2.18. The molecule has 0 spiro atoms. The topological polar surface area (TPSA) is 49.8 Å². The van der Waals surface area contributed by atoms with Gasteiger partial charge < -0.3 is 14.7 Å². The molecule has 0 aliphatic carbocycles. The molecule has 2 rings (SSSR count). The second-order valence-electron chi connectivity index (χ2n) is 6.20. The minimum Gasteiger partial charge on any atom is -0.490 e. The highest BCUT2D eigenvalue weighted by Crippen LogP contribution is 2.22. The fraction of sp³-hybridized carbons (Fsp3) is 0.647. The van der Waals surface area contributed by atoms with Crippen LogP contribution in [0.2, 0.25) is 0 Å².